The Labute approximate surface area is 158 Å². The highest BCUT2D eigenvalue weighted by molar-refractivity contribution is 5.55. The lowest BCUT2D eigenvalue weighted by Crippen LogP contribution is -2.52. The third-order valence-electron chi connectivity index (χ3n) is 5.16. The number of morpholine rings is 1. The van der Waals surface area contributed by atoms with Gasteiger partial charge in [0.05, 0.1) is 30.1 Å². The van der Waals surface area contributed by atoms with Crippen LogP contribution in [0.1, 0.15) is 13.3 Å². The molecule has 0 N–H and O–H groups in total. The van der Waals surface area contributed by atoms with Crippen molar-refractivity contribution >= 4 is 5.95 Å². The summed E-state index contributed by atoms with van der Waals surface area (Å²) in [6.07, 6.45) is 12.7. The second-order valence-electron chi connectivity index (χ2n) is 7.02. The minimum absolute atomic E-state index is 0.0713. The molecule has 0 aromatic carbocycles. The molecule has 3 atom stereocenters. The zero-order valence-electron chi connectivity index (χ0n) is 15.5. The number of hydrogen-bond donors (Lipinski definition) is 0. The van der Waals surface area contributed by atoms with E-state index in [-0.39, 0.29) is 17.7 Å². The highest BCUT2D eigenvalue weighted by Crippen LogP contribution is 2.27. The van der Waals surface area contributed by atoms with Crippen molar-refractivity contribution in [2.24, 2.45) is 13.0 Å². The van der Waals surface area contributed by atoms with Gasteiger partial charge in [-0.25, -0.2) is 15.0 Å². The van der Waals surface area contributed by atoms with Crippen molar-refractivity contribution in [3.8, 4) is 11.4 Å². The van der Waals surface area contributed by atoms with Crippen LogP contribution in [0.15, 0.2) is 53.8 Å². The van der Waals surface area contributed by atoms with Gasteiger partial charge in [0, 0.05) is 31.8 Å². The van der Waals surface area contributed by atoms with Crippen molar-refractivity contribution < 1.29 is 4.74 Å². The number of anilines is 1. The van der Waals surface area contributed by atoms with Crippen LogP contribution in [-0.4, -0.2) is 44.8 Å². The number of nitrogens with zero attached hydrogens (tertiary/aromatic N) is 5. The first-order chi connectivity index (χ1) is 13.1. The Morgan fingerprint density at radius 3 is 2.89 bits per heavy atom. The Morgan fingerprint density at radius 1 is 1.26 bits per heavy atom. The highest BCUT2D eigenvalue weighted by Gasteiger charge is 2.32. The summed E-state index contributed by atoms with van der Waals surface area (Å²) in [6.45, 7) is 3.39. The molecule has 2 aliphatic rings. The van der Waals surface area contributed by atoms with Gasteiger partial charge in [0.25, 0.3) is 5.56 Å². The van der Waals surface area contributed by atoms with Crippen molar-refractivity contribution in [2.75, 3.05) is 18.1 Å². The van der Waals surface area contributed by atoms with E-state index in [2.05, 4.69) is 46.1 Å². The van der Waals surface area contributed by atoms with E-state index in [1.54, 1.807) is 23.9 Å². The Balaban J connectivity index is 1.68. The lowest BCUT2D eigenvalue weighted by atomic mass is 9.93. The van der Waals surface area contributed by atoms with Crippen LogP contribution in [0.2, 0.25) is 0 Å². The SMILES string of the molecule is C[C@@H]1CO[C@H](C2C=CC=CC2)CN1c1nc(-c2ccncn2)cc(=O)n1C. The largest absolute Gasteiger partial charge is 0.374 e. The minimum Gasteiger partial charge on any atom is -0.374 e. The third kappa shape index (κ3) is 3.55. The molecule has 1 aliphatic heterocycles. The minimum atomic E-state index is -0.107. The molecule has 4 rings (SSSR count). The van der Waals surface area contributed by atoms with E-state index in [0.717, 1.165) is 6.42 Å². The fourth-order valence-electron chi connectivity index (χ4n) is 3.55. The maximum Gasteiger partial charge on any atom is 0.255 e. The molecule has 0 radical (unpaired) electrons. The zero-order valence-corrected chi connectivity index (χ0v) is 15.5. The molecule has 0 spiro atoms. The topological polar surface area (TPSA) is 73.1 Å². The first-order valence-electron chi connectivity index (χ1n) is 9.19. The van der Waals surface area contributed by atoms with Gasteiger partial charge in [0.1, 0.15) is 6.33 Å². The average molecular weight is 365 g/mol. The summed E-state index contributed by atoms with van der Waals surface area (Å²) in [6, 6.07) is 3.41. The summed E-state index contributed by atoms with van der Waals surface area (Å²) in [5, 5.41) is 0. The number of allylic oxidation sites excluding steroid dienone is 3. The lowest BCUT2D eigenvalue weighted by molar-refractivity contribution is -0.00208. The molecule has 7 nitrogen and oxygen atoms in total. The van der Waals surface area contributed by atoms with Crippen LogP contribution in [0.25, 0.3) is 11.4 Å². The number of aromatic nitrogens is 4. The predicted octanol–water partition coefficient (Wildman–Crippen LogP) is 1.96. The summed E-state index contributed by atoms with van der Waals surface area (Å²) in [5.74, 6) is 0.985. The van der Waals surface area contributed by atoms with Gasteiger partial charge in [-0.05, 0) is 19.4 Å². The maximum absolute atomic E-state index is 12.6. The summed E-state index contributed by atoms with van der Waals surface area (Å²) in [5.41, 5.74) is 1.09. The highest BCUT2D eigenvalue weighted by atomic mass is 16.5. The van der Waals surface area contributed by atoms with Crippen molar-refractivity contribution in [1.82, 2.24) is 19.5 Å². The molecular formula is C20H23N5O2. The Kier molecular flexibility index (Phi) is 4.85. The van der Waals surface area contributed by atoms with E-state index in [4.69, 9.17) is 9.72 Å². The van der Waals surface area contributed by atoms with Gasteiger partial charge in [0.2, 0.25) is 5.95 Å². The molecule has 7 heteroatoms. The van der Waals surface area contributed by atoms with Gasteiger partial charge in [-0.15, -0.1) is 0 Å². The number of hydrogen-bond acceptors (Lipinski definition) is 6. The van der Waals surface area contributed by atoms with Crippen molar-refractivity contribution in [2.45, 2.75) is 25.5 Å². The zero-order chi connectivity index (χ0) is 18.8. The standard InChI is InChI=1S/C20H23N5O2/c1-14-12-27-18(15-6-4-3-5-7-15)11-25(14)20-23-17(10-19(26)24(20)2)16-8-9-21-13-22-16/h3-6,8-10,13-15,18H,7,11-12H2,1-2H3/t14-,15?,18+/m1/s1. The molecule has 1 aliphatic carbocycles. The number of ether oxygens (including phenoxy) is 1. The van der Waals surface area contributed by atoms with Crippen LogP contribution in [0, 0.1) is 5.92 Å². The molecule has 1 saturated heterocycles. The van der Waals surface area contributed by atoms with Crippen LogP contribution in [0.3, 0.4) is 0 Å². The maximum atomic E-state index is 12.6. The van der Waals surface area contributed by atoms with Crippen LogP contribution in [-0.2, 0) is 11.8 Å². The Bertz CT molecular complexity index is 922. The van der Waals surface area contributed by atoms with Crippen LogP contribution >= 0.6 is 0 Å². The van der Waals surface area contributed by atoms with Gasteiger partial charge in [-0.3, -0.25) is 9.36 Å². The van der Waals surface area contributed by atoms with Gasteiger partial charge in [-0.2, -0.15) is 0 Å². The molecule has 2 aromatic rings. The van der Waals surface area contributed by atoms with E-state index in [9.17, 15) is 4.79 Å². The van der Waals surface area contributed by atoms with Crippen LogP contribution < -0.4 is 10.5 Å². The van der Waals surface area contributed by atoms with E-state index in [1.807, 2.05) is 0 Å². The third-order valence-corrected chi connectivity index (χ3v) is 5.16. The first-order valence-corrected chi connectivity index (χ1v) is 9.19. The Morgan fingerprint density at radius 2 is 2.15 bits per heavy atom. The molecule has 3 heterocycles. The monoisotopic (exact) mass is 365 g/mol. The summed E-state index contributed by atoms with van der Waals surface area (Å²) in [4.78, 5) is 27.7. The summed E-state index contributed by atoms with van der Waals surface area (Å²) >= 11 is 0. The molecular weight excluding hydrogens is 342 g/mol. The molecule has 2 aromatic heterocycles. The molecule has 0 saturated carbocycles. The molecule has 27 heavy (non-hydrogen) atoms. The van der Waals surface area contributed by atoms with Crippen molar-refractivity contribution in [1.29, 1.82) is 0 Å². The van der Waals surface area contributed by atoms with Crippen LogP contribution in [0.4, 0.5) is 5.95 Å². The lowest BCUT2D eigenvalue weighted by Gasteiger charge is -2.41. The summed E-state index contributed by atoms with van der Waals surface area (Å²) < 4.78 is 7.70. The van der Waals surface area contributed by atoms with Gasteiger partial charge in [-0.1, -0.05) is 24.3 Å². The van der Waals surface area contributed by atoms with Gasteiger partial charge < -0.3 is 9.64 Å². The van der Waals surface area contributed by atoms with Gasteiger partial charge >= 0.3 is 0 Å². The molecule has 1 fully saturated rings. The summed E-state index contributed by atoms with van der Waals surface area (Å²) in [7, 11) is 1.76. The van der Waals surface area contributed by atoms with Crippen molar-refractivity contribution in [3.05, 3.63) is 59.3 Å². The van der Waals surface area contributed by atoms with E-state index in [0.29, 0.717) is 36.4 Å². The van der Waals surface area contributed by atoms with Gasteiger partial charge in [0.15, 0.2) is 0 Å². The normalized spacial score (nSPS) is 25.0. The van der Waals surface area contributed by atoms with E-state index < -0.39 is 0 Å². The fraction of sp³-hybridized carbons (Fsp3) is 0.400. The van der Waals surface area contributed by atoms with Crippen LogP contribution in [0.5, 0.6) is 0 Å². The molecule has 140 valence electrons. The smallest absolute Gasteiger partial charge is 0.255 e. The predicted molar refractivity (Wildman–Crippen MR) is 103 cm³/mol. The van der Waals surface area contributed by atoms with E-state index in [1.165, 1.54) is 12.4 Å². The first kappa shape index (κ1) is 17.6. The fourth-order valence-corrected chi connectivity index (χ4v) is 3.55. The molecule has 1 unspecified atom stereocenters. The second-order valence-corrected chi connectivity index (χ2v) is 7.02. The van der Waals surface area contributed by atoms with Crippen molar-refractivity contribution in [3.63, 3.8) is 0 Å². The average Bonchev–Trinajstić information content (AvgIpc) is 2.72. The Hall–Kier alpha value is -2.80. The quantitative estimate of drug-likeness (QED) is 0.828. The molecule has 0 bridgehead atoms. The second kappa shape index (κ2) is 7.44. The van der Waals surface area contributed by atoms with E-state index >= 15 is 0 Å². The number of rotatable bonds is 3. The molecule has 0 amide bonds.